The molecule has 0 aliphatic carbocycles. The molecule has 9 heteroatoms. The molecule has 0 radical (unpaired) electrons. The van der Waals surface area contributed by atoms with Crippen LogP contribution in [-0.2, 0) is 14.8 Å². The molecule has 24 heavy (non-hydrogen) atoms. The van der Waals surface area contributed by atoms with Gasteiger partial charge in [-0.1, -0.05) is 6.42 Å². The summed E-state index contributed by atoms with van der Waals surface area (Å²) in [5.41, 5.74) is -0.663. The Morgan fingerprint density at radius 1 is 1.17 bits per heavy atom. The van der Waals surface area contributed by atoms with Crippen molar-refractivity contribution in [3.8, 4) is 0 Å². The number of rotatable bonds is 9. The Bertz CT molecular complexity index is 672. The second-order valence-electron chi connectivity index (χ2n) is 6.43. The van der Waals surface area contributed by atoms with Crippen LogP contribution in [0.2, 0.25) is 0 Å². The summed E-state index contributed by atoms with van der Waals surface area (Å²) >= 11 is 0. The summed E-state index contributed by atoms with van der Waals surface area (Å²) in [7, 11) is -3.82. The Balaban J connectivity index is 2.50. The summed E-state index contributed by atoms with van der Waals surface area (Å²) in [5, 5.41) is 10.8. The molecule has 1 heterocycles. The molecule has 8 nitrogen and oxygen atoms in total. The van der Waals surface area contributed by atoms with Gasteiger partial charge >= 0.3 is 5.97 Å². The first kappa shape index (κ1) is 20.2. The van der Waals surface area contributed by atoms with Crippen molar-refractivity contribution in [3.05, 3.63) is 17.9 Å². The number of furan rings is 1. The Hall–Kier alpha value is -1.87. The van der Waals surface area contributed by atoms with Crippen LogP contribution in [0.1, 0.15) is 57.0 Å². The zero-order chi connectivity index (χ0) is 18.4. The number of carboxylic acids is 1. The Morgan fingerprint density at radius 3 is 2.42 bits per heavy atom. The zero-order valence-electron chi connectivity index (χ0n) is 14.1. The first-order valence-electron chi connectivity index (χ1n) is 7.65. The summed E-state index contributed by atoms with van der Waals surface area (Å²) in [6.45, 7) is 5.46. The maximum absolute atomic E-state index is 12.1. The lowest BCUT2D eigenvalue weighted by Gasteiger charge is -2.18. The molecule has 0 saturated carbocycles. The number of amides is 1. The number of carbonyl (C=O) groups excluding carboxylic acids is 1. The summed E-state index contributed by atoms with van der Waals surface area (Å²) < 4.78 is 31.7. The topological polar surface area (TPSA) is 126 Å². The van der Waals surface area contributed by atoms with E-state index in [1.807, 2.05) is 0 Å². The largest absolute Gasteiger partial charge is 0.481 e. The molecule has 1 amide bonds. The molecular weight excluding hydrogens is 336 g/mol. The van der Waals surface area contributed by atoms with Crippen molar-refractivity contribution in [2.45, 2.75) is 57.1 Å². The predicted molar refractivity (Wildman–Crippen MR) is 87.2 cm³/mol. The van der Waals surface area contributed by atoms with Gasteiger partial charge in [0.15, 0.2) is 5.76 Å². The van der Waals surface area contributed by atoms with E-state index in [1.54, 1.807) is 20.8 Å². The van der Waals surface area contributed by atoms with Gasteiger partial charge in [-0.15, -0.1) is 0 Å². The molecule has 0 saturated heterocycles. The number of carboxylic acid groups (broad SMARTS) is 1. The monoisotopic (exact) mass is 360 g/mol. The van der Waals surface area contributed by atoms with E-state index in [4.69, 9.17) is 9.52 Å². The van der Waals surface area contributed by atoms with E-state index >= 15 is 0 Å². The SMILES string of the molecule is CC(C)(C)NS(=O)(=O)c1ccc(C(=O)NCCCCCC(=O)O)o1. The van der Waals surface area contributed by atoms with Gasteiger partial charge in [0, 0.05) is 18.5 Å². The normalized spacial score (nSPS) is 12.1. The third-order valence-corrected chi connectivity index (χ3v) is 4.49. The second kappa shape index (κ2) is 8.29. The maximum atomic E-state index is 12.1. The van der Waals surface area contributed by atoms with Gasteiger partial charge in [-0.25, -0.2) is 13.1 Å². The van der Waals surface area contributed by atoms with Crippen molar-refractivity contribution >= 4 is 21.9 Å². The minimum Gasteiger partial charge on any atom is -0.481 e. The third-order valence-electron chi connectivity index (χ3n) is 2.86. The van der Waals surface area contributed by atoms with Crippen LogP contribution >= 0.6 is 0 Å². The fourth-order valence-electron chi connectivity index (χ4n) is 1.91. The molecule has 3 N–H and O–H groups in total. The first-order valence-corrected chi connectivity index (χ1v) is 9.13. The molecular formula is C15H24N2O6S. The number of hydrogen-bond acceptors (Lipinski definition) is 5. The number of sulfonamides is 1. The summed E-state index contributed by atoms with van der Waals surface area (Å²) in [4.78, 5) is 22.3. The number of nitrogens with one attached hydrogen (secondary N) is 2. The van der Waals surface area contributed by atoms with Crippen LogP contribution in [0.5, 0.6) is 0 Å². The van der Waals surface area contributed by atoms with Crippen LogP contribution in [-0.4, -0.2) is 37.5 Å². The summed E-state index contributed by atoms with van der Waals surface area (Å²) in [5.74, 6) is -1.44. The highest BCUT2D eigenvalue weighted by Crippen LogP contribution is 2.16. The summed E-state index contributed by atoms with van der Waals surface area (Å²) in [6, 6.07) is 2.53. The summed E-state index contributed by atoms with van der Waals surface area (Å²) in [6.07, 6.45) is 1.97. The second-order valence-corrected chi connectivity index (χ2v) is 8.05. The van der Waals surface area contributed by atoms with Crippen LogP contribution in [0.25, 0.3) is 0 Å². The quantitative estimate of drug-likeness (QED) is 0.576. The lowest BCUT2D eigenvalue weighted by molar-refractivity contribution is -0.137. The lowest BCUT2D eigenvalue weighted by Crippen LogP contribution is -2.40. The van der Waals surface area contributed by atoms with E-state index in [1.165, 1.54) is 12.1 Å². The van der Waals surface area contributed by atoms with Gasteiger partial charge < -0.3 is 14.8 Å². The molecule has 0 fully saturated rings. The van der Waals surface area contributed by atoms with E-state index in [2.05, 4.69) is 10.0 Å². The molecule has 0 aromatic carbocycles. The molecule has 0 bridgehead atoms. The minimum absolute atomic E-state index is 0.0881. The number of aliphatic carboxylic acids is 1. The predicted octanol–water partition coefficient (Wildman–Crippen LogP) is 1.73. The van der Waals surface area contributed by atoms with Crippen LogP contribution in [0.4, 0.5) is 0 Å². The van der Waals surface area contributed by atoms with Crippen LogP contribution in [0.15, 0.2) is 21.6 Å². The molecule has 136 valence electrons. The van der Waals surface area contributed by atoms with Crippen molar-refractivity contribution in [1.82, 2.24) is 10.0 Å². The Labute approximate surface area is 141 Å². The molecule has 0 atom stereocenters. The van der Waals surface area contributed by atoms with Crippen LogP contribution in [0, 0.1) is 0 Å². The van der Waals surface area contributed by atoms with Gasteiger partial charge in [0.1, 0.15) is 0 Å². The van der Waals surface area contributed by atoms with Crippen molar-refractivity contribution < 1.29 is 27.5 Å². The highest BCUT2D eigenvalue weighted by Gasteiger charge is 2.26. The molecule has 1 aromatic rings. The molecule has 0 spiro atoms. The highest BCUT2D eigenvalue weighted by atomic mass is 32.2. The average molecular weight is 360 g/mol. The van der Waals surface area contributed by atoms with Gasteiger partial charge in [0.25, 0.3) is 15.9 Å². The average Bonchev–Trinajstić information content (AvgIpc) is 2.90. The molecule has 0 unspecified atom stereocenters. The number of unbranched alkanes of at least 4 members (excludes halogenated alkanes) is 2. The van der Waals surface area contributed by atoms with Crippen LogP contribution in [0.3, 0.4) is 0 Å². The van der Waals surface area contributed by atoms with E-state index in [0.29, 0.717) is 25.8 Å². The smallest absolute Gasteiger partial charge is 0.303 e. The maximum Gasteiger partial charge on any atom is 0.303 e. The molecule has 1 aromatic heterocycles. The van der Waals surface area contributed by atoms with E-state index in [0.717, 1.165) is 0 Å². The fourth-order valence-corrected chi connectivity index (χ4v) is 3.26. The van der Waals surface area contributed by atoms with Gasteiger partial charge in [0.05, 0.1) is 0 Å². The highest BCUT2D eigenvalue weighted by molar-refractivity contribution is 7.89. The lowest BCUT2D eigenvalue weighted by atomic mass is 10.1. The fraction of sp³-hybridized carbons (Fsp3) is 0.600. The van der Waals surface area contributed by atoms with E-state index < -0.39 is 27.4 Å². The van der Waals surface area contributed by atoms with Gasteiger partial charge in [-0.3, -0.25) is 9.59 Å². The van der Waals surface area contributed by atoms with Gasteiger partial charge in [0.2, 0.25) is 5.09 Å². The minimum atomic E-state index is -3.82. The first-order chi connectivity index (χ1) is 11.0. The standard InChI is InChI=1S/C15H24N2O6S/c1-15(2,3)17-24(21,22)13-9-8-11(23-13)14(20)16-10-6-4-5-7-12(18)19/h8-9,17H,4-7,10H2,1-3H3,(H,16,20)(H,18,19). The van der Waals surface area contributed by atoms with Gasteiger partial charge in [-0.2, -0.15) is 0 Å². The third kappa shape index (κ3) is 7.14. The van der Waals surface area contributed by atoms with Crippen molar-refractivity contribution in [2.24, 2.45) is 0 Å². The number of hydrogen-bond donors (Lipinski definition) is 3. The Kier molecular flexibility index (Phi) is 6.97. The number of carbonyl (C=O) groups is 2. The van der Waals surface area contributed by atoms with E-state index in [9.17, 15) is 18.0 Å². The van der Waals surface area contributed by atoms with Crippen molar-refractivity contribution in [3.63, 3.8) is 0 Å². The van der Waals surface area contributed by atoms with Gasteiger partial charge in [-0.05, 0) is 45.7 Å². The van der Waals surface area contributed by atoms with Crippen LogP contribution < -0.4 is 10.0 Å². The molecule has 0 aliphatic rings. The van der Waals surface area contributed by atoms with E-state index in [-0.39, 0.29) is 17.3 Å². The Morgan fingerprint density at radius 2 is 1.83 bits per heavy atom. The zero-order valence-corrected chi connectivity index (χ0v) is 14.9. The van der Waals surface area contributed by atoms with Crippen molar-refractivity contribution in [1.29, 1.82) is 0 Å². The molecule has 0 aliphatic heterocycles. The van der Waals surface area contributed by atoms with Crippen molar-refractivity contribution in [2.75, 3.05) is 6.54 Å². The molecule has 1 rings (SSSR count).